The van der Waals surface area contributed by atoms with Gasteiger partial charge in [0, 0.05) is 24.2 Å². The summed E-state index contributed by atoms with van der Waals surface area (Å²) in [5.41, 5.74) is 5.74. The minimum Gasteiger partial charge on any atom is -0.494 e. The maximum absolute atomic E-state index is 5.83. The molecule has 4 heteroatoms. The average Bonchev–Trinajstić information content (AvgIpc) is 2.77. The predicted octanol–water partition coefficient (Wildman–Crippen LogP) is 2.78. The zero-order valence-corrected chi connectivity index (χ0v) is 12.3. The summed E-state index contributed by atoms with van der Waals surface area (Å²) in [7, 11) is 0. The summed E-state index contributed by atoms with van der Waals surface area (Å²) in [5, 5.41) is 0.742. The monoisotopic (exact) mass is 282 g/mol. The maximum atomic E-state index is 5.83. The van der Waals surface area contributed by atoms with Gasteiger partial charge in [0.05, 0.1) is 6.61 Å². The standard InChI is InChI=1S/C15H23ClN2O/c1-12-9-13(10-17)11-18(12)7-2-8-19-15-5-3-14(16)4-6-15/h3-6,12-13H,2,7-11,17H2,1H3. The predicted molar refractivity (Wildman–Crippen MR) is 79.8 cm³/mol. The van der Waals surface area contributed by atoms with E-state index in [9.17, 15) is 0 Å². The van der Waals surface area contributed by atoms with E-state index in [1.54, 1.807) is 0 Å². The van der Waals surface area contributed by atoms with Crippen LogP contribution in [-0.4, -0.2) is 37.2 Å². The van der Waals surface area contributed by atoms with Crippen LogP contribution in [0.1, 0.15) is 19.8 Å². The molecule has 1 fully saturated rings. The SMILES string of the molecule is CC1CC(CN)CN1CCCOc1ccc(Cl)cc1. The van der Waals surface area contributed by atoms with E-state index in [1.807, 2.05) is 24.3 Å². The quantitative estimate of drug-likeness (QED) is 0.816. The van der Waals surface area contributed by atoms with Gasteiger partial charge in [0.1, 0.15) is 5.75 Å². The van der Waals surface area contributed by atoms with E-state index >= 15 is 0 Å². The first-order valence-electron chi connectivity index (χ1n) is 7.01. The molecule has 2 unspecified atom stereocenters. The van der Waals surface area contributed by atoms with Crippen LogP contribution in [0.3, 0.4) is 0 Å². The third-order valence-electron chi connectivity index (χ3n) is 3.80. The van der Waals surface area contributed by atoms with Crippen molar-refractivity contribution in [1.29, 1.82) is 0 Å². The van der Waals surface area contributed by atoms with Crippen LogP contribution < -0.4 is 10.5 Å². The molecule has 0 radical (unpaired) electrons. The van der Waals surface area contributed by atoms with Gasteiger partial charge in [-0.3, -0.25) is 0 Å². The highest BCUT2D eigenvalue weighted by Crippen LogP contribution is 2.22. The molecule has 1 aromatic carbocycles. The molecule has 2 N–H and O–H groups in total. The van der Waals surface area contributed by atoms with Gasteiger partial charge >= 0.3 is 0 Å². The first-order chi connectivity index (χ1) is 9.19. The fourth-order valence-corrected chi connectivity index (χ4v) is 2.81. The zero-order chi connectivity index (χ0) is 13.7. The Morgan fingerprint density at radius 3 is 2.74 bits per heavy atom. The molecule has 1 aliphatic rings. The Labute approximate surface area is 120 Å². The number of nitrogens with two attached hydrogens (primary N) is 1. The number of halogens is 1. The van der Waals surface area contributed by atoms with Gasteiger partial charge in [0.25, 0.3) is 0 Å². The lowest BCUT2D eigenvalue weighted by atomic mass is 10.1. The summed E-state index contributed by atoms with van der Waals surface area (Å²) in [6.45, 7) is 6.07. The molecule has 0 bridgehead atoms. The van der Waals surface area contributed by atoms with Crippen LogP contribution in [0.15, 0.2) is 24.3 Å². The minimum atomic E-state index is 0.657. The molecule has 1 aromatic rings. The number of rotatable bonds is 6. The molecule has 0 saturated carbocycles. The lowest BCUT2D eigenvalue weighted by Crippen LogP contribution is -2.29. The first kappa shape index (κ1) is 14.6. The van der Waals surface area contributed by atoms with Crippen molar-refractivity contribution in [1.82, 2.24) is 4.90 Å². The number of hydrogen-bond acceptors (Lipinski definition) is 3. The molecule has 3 nitrogen and oxygen atoms in total. The molecule has 0 aromatic heterocycles. The van der Waals surface area contributed by atoms with Crippen LogP contribution in [0, 0.1) is 5.92 Å². The highest BCUT2D eigenvalue weighted by atomic mass is 35.5. The van der Waals surface area contributed by atoms with E-state index in [4.69, 9.17) is 22.1 Å². The number of ether oxygens (including phenoxy) is 1. The molecule has 2 rings (SSSR count). The summed E-state index contributed by atoms with van der Waals surface area (Å²) in [5.74, 6) is 1.56. The molecule has 1 aliphatic heterocycles. The van der Waals surface area contributed by atoms with Gasteiger partial charge < -0.3 is 15.4 Å². The minimum absolute atomic E-state index is 0.657. The van der Waals surface area contributed by atoms with Crippen molar-refractivity contribution in [3.8, 4) is 5.75 Å². The molecule has 2 atom stereocenters. The fraction of sp³-hybridized carbons (Fsp3) is 0.600. The third kappa shape index (κ3) is 4.37. The lowest BCUT2D eigenvalue weighted by molar-refractivity contribution is 0.227. The molecule has 0 spiro atoms. The van der Waals surface area contributed by atoms with E-state index in [2.05, 4.69) is 11.8 Å². The number of benzene rings is 1. The number of hydrogen-bond donors (Lipinski definition) is 1. The van der Waals surface area contributed by atoms with Gasteiger partial charge in [-0.1, -0.05) is 11.6 Å². The van der Waals surface area contributed by atoms with Crippen LogP contribution in [-0.2, 0) is 0 Å². The van der Waals surface area contributed by atoms with E-state index in [0.717, 1.165) is 43.4 Å². The van der Waals surface area contributed by atoms with Crippen LogP contribution in [0.5, 0.6) is 5.75 Å². The van der Waals surface area contributed by atoms with Crippen molar-refractivity contribution in [3.05, 3.63) is 29.3 Å². The molecule has 19 heavy (non-hydrogen) atoms. The second kappa shape index (κ2) is 7.13. The van der Waals surface area contributed by atoms with Gasteiger partial charge in [-0.25, -0.2) is 0 Å². The topological polar surface area (TPSA) is 38.5 Å². The molecular formula is C15H23ClN2O. The van der Waals surface area contributed by atoms with E-state index in [1.165, 1.54) is 6.42 Å². The van der Waals surface area contributed by atoms with Crippen molar-refractivity contribution in [3.63, 3.8) is 0 Å². The van der Waals surface area contributed by atoms with E-state index in [0.29, 0.717) is 12.0 Å². The number of likely N-dealkylation sites (tertiary alicyclic amines) is 1. The Bertz CT molecular complexity index is 382. The van der Waals surface area contributed by atoms with E-state index < -0.39 is 0 Å². The third-order valence-corrected chi connectivity index (χ3v) is 4.05. The summed E-state index contributed by atoms with van der Waals surface area (Å²) < 4.78 is 5.70. The smallest absolute Gasteiger partial charge is 0.119 e. The van der Waals surface area contributed by atoms with Crippen molar-refractivity contribution in [2.45, 2.75) is 25.8 Å². The lowest BCUT2D eigenvalue weighted by Gasteiger charge is -2.20. The van der Waals surface area contributed by atoms with E-state index in [-0.39, 0.29) is 0 Å². The summed E-state index contributed by atoms with van der Waals surface area (Å²) in [6, 6.07) is 8.18. The fourth-order valence-electron chi connectivity index (χ4n) is 2.69. The van der Waals surface area contributed by atoms with Crippen LogP contribution >= 0.6 is 11.6 Å². The molecule has 106 valence electrons. The normalized spacial score (nSPS) is 23.7. The van der Waals surface area contributed by atoms with Gasteiger partial charge in [0.2, 0.25) is 0 Å². The molecule has 1 heterocycles. The molecule has 0 amide bonds. The zero-order valence-electron chi connectivity index (χ0n) is 11.5. The highest BCUT2D eigenvalue weighted by Gasteiger charge is 2.27. The summed E-state index contributed by atoms with van der Waals surface area (Å²) in [6.07, 6.45) is 2.28. The molecule has 1 saturated heterocycles. The number of nitrogens with zero attached hydrogens (tertiary/aromatic N) is 1. The molecule has 0 aliphatic carbocycles. The van der Waals surface area contributed by atoms with Gasteiger partial charge in [-0.15, -0.1) is 0 Å². The Morgan fingerprint density at radius 1 is 1.37 bits per heavy atom. The Hall–Kier alpha value is -0.770. The average molecular weight is 283 g/mol. The van der Waals surface area contributed by atoms with Gasteiger partial charge in [-0.05, 0) is 56.5 Å². The Balaban J connectivity index is 1.65. The first-order valence-corrected chi connectivity index (χ1v) is 7.39. The van der Waals surface area contributed by atoms with Crippen LogP contribution in [0.2, 0.25) is 5.02 Å². The Kier molecular flexibility index (Phi) is 5.49. The Morgan fingerprint density at radius 2 is 2.11 bits per heavy atom. The van der Waals surface area contributed by atoms with Crippen LogP contribution in [0.25, 0.3) is 0 Å². The largest absolute Gasteiger partial charge is 0.494 e. The second-order valence-corrected chi connectivity index (χ2v) is 5.77. The summed E-state index contributed by atoms with van der Waals surface area (Å²) in [4.78, 5) is 2.52. The maximum Gasteiger partial charge on any atom is 0.119 e. The van der Waals surface area contributed by atoms with Gasteiger partial charge in [0.15, 0.2) is 0 Å². The van der Waals surface area contributed by atoms with Crippen molar-refractivity contribution < 1.29 is 4.74 Å². The second-order valence-electron chi connectivity index (χ2n) is 5.34. The summed E-state index contributed by atoms with van der Waals surface area (Å²) >= 11 is 5.83. The van der Waals surface area contributed by atoms with Crippen LogP contribution in [0.4, 0.5) is 0 Å². The van der Waals surface area contributed by atoms with Crippen molar-refractivity contribution in [2.24, 2.45) is 11.7 Å². The van der Waals surface area contributed by atoms with Gasteiger partial charge in [-0.2, -0.15) is 0 Å². The van der Waals surface area contributed by atoms with Crippen molar-refractivity contribution >= 4 is 11.6 Å². The van der Waals surface area contributed by atoms with Crippen molar-refractivity contribution in [2.75, 3.05) is 26.2 Å². The highest BCUT2D eigenvalue weighted by molar-refractivity contribution is 6.30. The molecular weight excluding hydrogens is 260 g/mol.